The van der Waals surface area contributed by atoms with Crippen LogP contribution in [0.2, 0.25) is 0 Å². The topological polar surface area (TPSA) is 48.4 Å². The van der Waals surface area contributed by atoms with Crippen LogP contribution >= 0.6 is 0 Å². The van der Waals surface area contributed by atoms with E-state index >= 15 is 0 Å². The summed E-state index contributed by atoms with van der Waals surface area (Å²) in [5.74, 6) is 0.254. The van der Waals surface area contributed by atoms with Gasteiger partial charge in [-0.05, 0) is 44.9 Å². The fraction of sp³-hybridized carbons (Fsp3) is 0.562. The molecule has 0 aliphatic carbocycles. The molecule has 1 fully saturated rings. The summed E-state index contributed by atoms with van der Waals surface area (Å²) in [7, 11) is 1.86. The number of ether oxygens (including phenoxy) is 1. The summed E-state index contributed by atoms with van der Waals surface area (Å²) in [4.78, 5) is 2.51. The molecule has 0 radical (unpaired) electrons. The highest BCUT2D eigenvalue weighted by molar-refractivity contribution is 5.97. The molecule has 0 bridgehead atoms. The van der Waals surface area contributed by atoms with E-state index in [0.717, 1.165) is 24.2 Å². The molecular weight excluding hydrogens is 250 g/mol. The molecule has 0 aromatic heterocycles. The zero-order valence-electron chi connectivity index (χ0n) is 12.5. The quantitative estimate of drug-likeness (QED) is 0.477. The van der Waals surface area contributed by atoms with E-state index in [1.807, 2.05) is 31.3 Å². The summed E-state index contributed by atoms with van der Waals surface area (Å²) in [5, 5.41) is 11.1. The van der Waals surface area contributed by atoms with Gasteiger partial charge in [-0.15, -0.1) is 0 Å². The number of likely N-dealkylation sites (tertiary alicyclic amines) is 1. The van der Waals surface area contributed by atoms with Crippen molar-refractivity contribution in [2.45, 2.75) is 32.2 Å². The van der Waals surface area contributed by atoms with Crippen LogP contribution in [0.1, 0.15) is 31.7 Å². The first-order valence-electron chi connectivity index (χ1n) is 7.45. The van der Waals surface area contributed by atoms with Gasteiger partial charge in [0.1, 0.15) is 0 Å². The van der Waals surface area contributed by atoms with Gasteiger partial charge in [0.05, 0.1) is 12.2 Å². The number of hydrogen-bond acceptors (Lipinski definition) is 4. The first-order chi connectivity index (χ1) is 9.72. The molecule has 1 aliphatic rings. The number of anilines is 1. The van der Waals surface area contributed by atoms with Crippen molar-refractivity contribution in [3.8, 4) is 0 Å². The van der Waals surface area contributed by atoms with Gasteiger partial charge in [-0.25, -0.2) is 0 Å². The van der Waals surface area contributed by atoms with Gasteiger partial charge in [0.2, 0.25) is 5.90 Å². The van der Waals surface area contributed by atoms with E-state index in [1.54, 1.807) is 0 Å². The van der Waals surface area contributed by atoms with Crippen LogP contribution < -0.4 is 5.32 Å². The summed E-state index contributed by atoms with van der Waals surface area (Å²) >= 11 is 0. The van der Waals surface area contributed by atoms with Gasteiger partial charge in [0.15, 0.2) is 0 Å². The molecule has 1 aromatic carbocycles. The number of nitrogens with zero attached hydrogens (tertiary/aromatic N) is 1. The lowest BCUT2D eigenvalue weighted by Crippen LogP contribution is -2.28. The van der Waals surface area contributed by atoms with Crippen LogP contribution in [-0.4, -0.2) is 43.6 Å². The third-order valence-corrected chi connectivity index (χ3v) is 3.97. The minimum absolute atomic E-state index is 0.254. The Morgan fingerprint density at radius 2 is 2.25 bits per heavy atom. The first kappa shape index (κ1) is 14.9. The Morgan fingerprint density at radius 3 is 2.95 bits per heavy atom. The molecule has 0 saturated carbocycles. The number of rotatable bonds is 6. The Kier molecular flexibility index (Phi) is 5.41. The predicted octanol–water partition coefficient (Wildman–Crippen LogP) is 2.94. The monoisotopic (exact) mass is 275 g/mol. The zero-order chi connectivity index (χ0) is 14.4. The largest absolute Gasteiger partial charge is 0.478 e. The summed E-state index contributed by atoms with van der Waals surface area (Å²) < 4.78 is 5.58. The standard InChI is InChI=1S/C16H25N3O/c1-13-7-5-10-19(13)11-6-12-20-16(17)14-8-3-4-9-15(14)18-2/h3-4,8-9,13,17-18H,5-7,10-12H2,1-2H3. The second-order valence-electron chi connectivity index (χ2n) is 5.35. The third-order valence-electron chi connectivity index (χ3n) is 3.97. The molecule has 110 valence electrons. The molecule has 1 saturated heterocycles. The summed E-state index contributed by atoms with van der Waals surface area (Å²) in [6.45, 7) is 5.18. The van der Waals surface area contributed by atoms with Crippen LogP contribution in [0.3, 0.4) is 0 Å². The van der Waals surface area contributed by atoms with Gasteiger partial charge in [0, 0.05) is 25.3 Å². The molecule has 0 amide bonds. The number of nitrogens with one attached hydrogen (secondary N) is 2. The van der Waals surface area contributed by atoms with Crippen LogP contribution in [0, 0.1) is 5.41 Å². The van der Waals surface area contributed by atoms with Gasteiger partial charge in [-0.1, -0.05) is 12.1 Å². The van der Waals surface area contributed by atoms with Crippen LogP contribution in [0.25, 0.3) is 0 Å². The molecule has 4 heteroatoms. The summed E-state index contributed by atoms with van der Waals surface area (Å²) in [6, 6.07) is 8.46. The highest BCUT2D eigenvalue weighted by Gasteiger charge is 2.19. The van der Waals surface area contributed by atoms with Crippen LogP contribution in [0.5, 0.6) is 0 Å². The molecule has 1 atom stereocenters. The van der Waals surface area contributed by atoms with Crippen LogP contribution in [0.15, 0.2) is 24.3 Å². The lowest BCUT2D eigenvalue weighted by molar-refractivity contribution is 0.225. The number of hydrogen-bond donors (Lipinski definition) is 2. The van der Waals surface area contributed by atoms with Crippen molar-refractivity contribution in [1.29, 1.82) is 5.41 Å². The predicted molar refractivity (Wildman–Crippen MR) is 83.7 cm³/mol. The van der Waals surface area contributed by atoms with Crippen molar-refractivity contribution in [1.82, 2.24) is 4.90 Å². The average molecular weight is 275 g/mol. The lowest BCUT2D eigenvalue weighted by Gasteiger charge is -2.20. The fourth-order valence-corrected chi connectivity index (χ4v) is 2.74. The van der Waals surface area contributed by atoms with E-state index in [0.29, 0.717) is 12.6 Å². The van der Waals surface area contributed by atoms with Gasteiger partial charge in [0.25, 0.3) is 0 Å². The van der Waals surface area contributed by atoms with Crippen molar-refractivity contribution >= 4 is 11.6 Å². The molecule has 20 heavy (non-hydrogen) atoms. The van der Waals surface area contributed by atoms with Crippen molar-refractivity contribution < 1.29 is 4.74 Å². The van der Waals surface area contributed by atoms with Crippen LogP contribution in [0.4, 0.5) is 5.69 Å². The molecule has 1 unspecified atom stereocenters. The van der Waals surface area contributed by atoms with Gasteiger partial charge in [-0.3, -0.25) is 5.41 Å². The highest BCUT2D eigenvalue weighted by Crippen LogP contribution is 2.17. The highest BCUT2D eigenvalue weighted by atomic mass is 16.5. The molecule has 4 nitrogen and oxygen atoms in total. The van der Waals surface area contributed by atoms with Gasteiger partial charge in [-0.2, -0.15) is 0 Å². The van der Waals surface area contributed by atoms with Gasteiger partial charge < -0.3 is 15.0 Å². The fourth-order valence-electron chi connectivity index (χ4n) is 2.74. The minimum atomic E-state index is 0.254. The van der Waals surface area contributed by atoms with Crippen molar-refractivity contribution in [3.63, 3.8) is 0 Å². The maximum Gasteiger partial charge on any atom is 0.215 e. The molecule has 2 N–H and O–H groups in total. The van der Waals surface area contributed by atoms with Gasteiger partial charge >= 0.3 is 0 Å². The molecule has 2 rings (SSSR count). The summed E-state index contributed by atoms with van der Waals surface area (Å²) in [6.07, 6.45) is 3.61. The maximum absolute atomic E-state index is 8.03. The molecule has 1 aromatic rings. The second-order valence-corrected chi connectivity index (χ2v) is 5.35. The Morgan fingerprint density at radius 1 is 1.45 bits per heavy atom. The maximum atomic E-state index is 8.03. The van der Waals surface area contributed by atoms with E-state index in [2.05, 4.69) is 17.1 Å². The SMILES string of the molecule is CNc1ccccc1C(=N)OCCCN1CCCC1C. The Bertz CT molecular complexity index is 447. The Labute approximate surface area is 121 Å². The second kappa shape index (κ2) is 7.29. The van der Waals surface area contributed by atoms with Crippen molar-refractivity contribution in [3.05, 3.63) is 29.8 Å². The molecule has 1 heterocycles. The van der Waals surface area contributed by atoms with Crippen LogP contribution in [-0.2, 0) is 4.74 Å². The van der Waals surface area contributed by atoms with E-state index in [1.165, 1.54) is 19.4 Å². The normalized spacial score (nSPS) is 19.0. The lowest BCUT2D eigenvalue weighted by atomic mass is 10.2. The van der Waals surface area contributed by atoms with Crippen molar-refractivity contribution in [2.75, 3.05) is 32.1 Å². The Hall–Kier alpha value is -1.55. The average Bonchev–Trinajstić information content (AvgIpc) is 2.88. The van der Waals surface area contributed by atoms with E-state index in [4.69, 9.17) is 10.1 Å². The minimum Gasteiger partial charge on any atom is -0.478 e. The van der Waals surface area contributed by atoms with E-state index in [-0.39, 0.29) is 5.90 Å². The zero-order valence-corrected chi connectivity index (χ0v) is 12.5. The first-order valence-corrected chi connectivity index (χ1v) is 7.45. The van der Waals surface area contributed by atoms with E-state index < -0.39 is 0 Å². The molecular formula is C16H25N3O. The van der Waals surface area contributed by atoms with E-state index in [9.17, 15) is 0 Å². The number of benzene rings is 1. The smallest absolute Gasteiger partial charge is 0.215 e. The number of para-hydroxylation sites is 1. The third kappa shape index (κ3) is 3.73. The van der Waals surface area contributed by atoms with Crippen molar-refractivity contribution in [2.24, 2.45) is 0 Å². The molecule has 0 spiro atoms. The molecule has 1 aliphatic heterocycles. The summed E-state index contributed by atoms with van der Waals surface area (Å²) in [5.41, 5.74) is 1.76. The Balaban J connectivity index is 1.75.